The molecule has 0 aromatic heterocycles. The van der Waals surface area contributed by atoms with Crippen molar-refractivity contribution in [3.63, 3.8) is 0 Å². The molecule has 0 heterocycles. The average molecular weight is 283 g/mol. The topological polar surface area (TPSA) is 44.5 Å². The minimum atomic E-state index is -4.72. The maximum absolute atomic E-state index is 13.3. The summed E-state index contributed by atoms with van der Waals surface area (Å²) < 4.78 is 56.8. The maximum Gasteiger partial charge on any atom is 0.522 e. The molecule has 0 aliphatic rings. The number of benzene rings is 1. The second-order valence-corrected chi connectivity index (χ2v) is 3.56. The summed E-state index contributed by atoms with van der Waals surface area (Å²) >= 11 is 4.62. The molecule has 1 aromatic carbocycles. The molecule has 0 saturated heterocycles. The zero-order valence-corrected chi connectivity index (χ0v) is 9.78. The minimum absolute atomic E-state index is 0.0201. The zero-order valence-electron chi connectivity index (χ0n) is 8.96. The van der Waals surface area contributed by atoms with Gasteiger partial charge in [0.25, 0.3) is 0 Å². The van der Waals surface area contributed by atoms with Gasteiger partial charge in [-0.05, 0) is 12.1 Å². The molecule has 100 valence electrons. The molecule has 0 unspecified atom stereocenters. The summed E-state index contributed by atoms with van der Waals surface area (Å²) in [5.41, 5.74) is 5.15. The van der Waals surface area contributed by atoms with E-state index in [0.29, 0.717) is 0 Å². The third-order valence-corrected chi connectivity index (χ3v) is 2.03. The van der Waals surface area contributed by atoms with Gasteiger partial charge in [-0.25, -0.2) is 4.39 Å². The number of hydrogen-bond acceptors (Lipinski definition) is 3. The molecule has 0 atom stereocenters. The molecular weight excluding hydrogens is 274 g/mol. The molecule has 0 aliphatic heterocycles. The van der Waals surface area contributed by atoms with Gasteiger partial charge in [-0.2, -0.15) is 0 Å². The highest BCUT2D eigenvalue weighted by Crippen LogP contribution is 2.22. The van der Waals surface area contributed by atoms with Crippen LogP contribution in [0.15, 0.2) is 18.2 Å². The summed E-state index contributed by atoms with van der Waals surface area (Å²) in [4.78, 5) is -0.236. The van der Waals surface area contributed by atoms with E-state index in [0.717, 1.165) is 6.07 Å². The lowest BCUT2D eigenvalue weighted by atomic mass is 10.2. The van der Waals surface area contributed by atoms with Crippen molar-refractivity contribution in [3.05, 3.63) is 29.6 Å². The van der Waals surface area contributed by atoms with Gasteiger partial charge >= 0.3 is 6.36 Å². The molecule has 0 saturated carbocycles. The van der Waals surface area contributed by atoms with E-state index >= 15 is 0 Å². The minimum Gasteiger partial charge on any atom is -0.490 e. The lowest BCUT2D eigenvalue weighted by Crippen LogP contribution is -2.19. The van der Waals surface area contributed by atoms with E-state index in [1.54, 1.807) is 0 Å². The van der Waals surface area contributed by atoms with Crippen molar-refractivity contribution in [2.75, 3.05) is 13.2 Å². The van der Waals surface area contributed by atoms with Crippen LogP contribution in [-0.4, -0.2) is 24.6 Å². The third-order valence-electron chi connectivity index (χ3n) is 1.83. The Morgan fingerprint density at radius 3 is 2.50 bits per heavy atom. The average Bonchev–Trinajstić information content (AvgIpc) is 2.22. The number of hydrogen-bond donors (Lipinski definition) is 1. The van der Waals surface area contributed by atoms with Gasteiger partial charge in [-0.3, -0.25) is 4.74 Å². The molecule has 3 nitrogen and oxygen atoms in total. The predicted octanol–water partition coefficient (Wildman–Crippen LogP) is 2.38. The number of ether oxygens (including phenoxy) is 2. The van der Waals surface area contributed by atoms with E-state index in [1.807, 2.05) is 0 Å². The Labute approximate surface area is 105 Å². The molecule has 1 rings (SSSR count). The first-order valence-electron chi connectivity index (χ1n) is 4.73. The quantitative estimate of drug-likeness (QED) is 0.512. The van der Waals surface area contributed by atoms with Crippen molar-refractivity contribution in [2.24, 2.45) is 5.73 Å². The largest absolute Gasteiger partial charge is 0.522 e. The Bertz CT molecular complexity index is 436. The molecule has 0 fully saturated rings. The van der Waals surface area contributed by atoms with Crippen LogP contribution in [0.3, 0.4) is 0 Å². The first kappa shape index (κ1) is 14.7. The molecule has 1 aromatic rings. The molecule has 0 spiro atoms. The monoisotopic (exact) mass is 283 g/mol. The molecule has 18 heavy (non-hydrogen) atoms. The summed E-state index contributed by atoms with van der Waals surface area (Å²) in [5.74, 6) is -0.718. The lowest BCUT2D eigenvalue weighted by molar-refractivity contribution is -0.325. The highest BCUT2D eigenvalue weighted by Gasteiger charge is 2.28. The van der Waals surface area contributed by atoms with Crippen LogP contribution in [0.2, 0.25) is 0 Å². The normalized spacial score (nSPS) is 11.3. The summed E-state index contributed by atoms with van der Waals surface area (Å²) in [6.45, 7) is -1.12. The van der Waals surface area contributed by atoms with Crippen molar-refractivity contribution in [2.45, 2.75) is 6.36 Å². The van der Waals surface area contributed by atoms with E-state index < -0.39 is 25.4 Å². The van der Waals surface area contributed by atoms with Gasteiger partial charge in [-0.1, -0.05) is 18.3 Å². The SMILES string of the molecule is NC(=S)c1c(F)cccc1OCCOC(F)(F)F. The molecule has 0 bridgehead atoms. The van der Waals surface area contributed by atoms with E-state index in [-0.39, 0.29) is 16.3 Å². The Kier molecular flexibility index (Phi) is 4.85. The van der Waals surface area contributed by atoms with Crippen molar-refractivity contribution in [1.29, 1.82) is 0 Å². The van der Waals surface area contributed by atoms with Crippen LogP contribution in [0.5, 0.6) is 5.75 Å². The molecule has 0 aliphatic carbocycles. The third kappa shape index (κ3) is 4.46. The lowest BCUT2D eigenvalue weighted by Gasteiger charge is -2.12. The second kappa shape index (κ2) is 5.96. The fraction of sp³-hybridized carbons (Fsp3) is 0.300. The van der Waals surface area contributed by atoms with E-state index in [2.05, 4.69) is 17.0 Å². The van der Waals surface area contributed by atoms with Crippen LogP contribution in [-0.2, 0) is 4.74 Å². The van der Waals surface area contributed by atoms with Gasteiger partial charge in [0.2, 0.25) is 0 Å². The molecule has 0 radical (unpaired) electrons. The number of alkyl halides is 3. The van der Waals surface area contributed by atoms with Crippen LogP contribution < -0.4 is 10.5 Å². The van der Waals surface area contributed by atoms with E-state index in [1.165, 1.54) is 12.1 Å². The number of nitrogens with two attached hydrogens (primary N) is 1. The van der Waals surface area contributed by atoms with Gasteiger partial charge in [0.15, 0.2) is 0 Å². The molecule has 0 amide bonds. The maximum atomic E-state index is 13.3. The van der Waals surface area contributed by atoms with Gasteiger partial charge < -0.3 is 10.5 Å². The van der Waals surface area contributed by atoms with Crippen LogP contribution in [0.1, 0.15) is 5.56 Å². The number of thiocarbonyl (C=S) groups is 1. The van der Waals surface area contributed by atoms with Gasteiger partial charge in [-0.15, -0.1) is 13.2 Å². The first-order chi connectivity index (χ1) is 8.31. The number of halogens is 4. The standard InChI is InChI=1S/C10H9F4NO2S/c11-6-2-1-3-7(8(6)9(15)18)16-4-5-17-10(12,13)14/h1-3H,4-5H2,(H2,15,18). The Hall–Kier alpha value is -1.41. The summed E-state index contributed by atoms with van der Waals surface area (Å²) in [7, 11) is 0. The number of rotatable bonds is 5. The van der Waals surface area contributed by atoms with Crippen molar-refractivity contribution < 1.29 is 27.0 Å². The first-order valence-corrected chi connectivity index (χ1v) is 5.14. The second-order valence-electron chi connectivity index (χ2n) is 3.12. The fourth-order valence-electron chi connectivity index (χ4n) is 1.17. The summed E-state index contributed by atoms with van der Waals surface area (Å²) in [5, 5.41) is 0. The van der Waals surface area contributed by atoms with Crippen LogP contribution in [0.4, 0.5) is 17.6 Å². The van der Waals surface area contributed by atoms with Crippen molar-refractivity contribution in [1.82, 2.24) is 0 Å². The summed E-state index contributed by atoms with van der Waals surface area (Å²) in [6, 6.07) is 3.80. The van der Waals surface area contributed by atoms with Gasteiger partial charge in [0.1, 0.15) is 23.2 Å². The fourth-order valence-corrected chi connectivity index (χ4v) is 1.37. The summed E-state index contributed by atoms with van der Waals surface area (Å²) in [6.07, 6.45) is -4.72. The van der Waals surface area contributed by atoms with Crippen molar-refractivity contribution >= 4 is 17.2 Å². The Morgan fingerprint density at radius 1 is 1.28 bits per heavy atom. The van der Waals surface area contributed by atoms with E-state index in [4.69, 9.17) is 10.5 Å². The smallest absolute Gasteiger partial charge is 0.490 e. The van der Waals surface area contributed by atoms with E-state index in [9.17, 15) is 17.6 Å². The predicted molar refractivity (Wildman–Crippen MR) is 59.8 cm³/mol. The zero-order chi connectivity index (χ0) is 13.8. The van der Waals surface area contributed by atoms with Gasteiger partial charge in [0.05, 0.1) is 12.2 Å². The molecule has 8 heteroatoms. The van der Waals surface area contributed by atoms with Crippen LogP contribution in [0.25, 0.3) is 0 Å². The molecule has 2 N–H and O–H groups in total. The Morgan fingerprint density at radius 2 is 1.94 bits per heavy atom. The molecular formula is C10H9F4NO2S. The highest BCUT2D eigenvalue weighted by atomic mass is 32.1. The van der Waals surface area contributed by atoms with Crippen molar-refractivity contribution in [3.8, 4) is 5.75 Å². The highest BCUT2D eigenvalue weighted by molar-refractivity contribution is 7.80. The van der Waals surface area contributed by atoms with Crippen LogP contribution >= 0.6 is 12.2 Å². The van der Waals surface area contributed by atoms with Gasteiger partial charge in [0, 0.05) is 0 Å². The Balaban J connectivity index is 2.63. The van der Waals surface area contributed by atoms with Crippen LogP contribution in [0, 0.1) is 5.82 Å².